The quantitative estimate of drug-likeness (QED) is 0.242. The minimum absolute atomic E-state index is 0.0828. The average Bonchev–Trinajstić information content (AvgIpc) is 3.51. The average molecular weight is 552 g/mol. The molecule has 41 heavy (non-hydrogen) atoms. The SMILES string of the molecule is CCC/C(=C\c1ccc(O)c2ccccc12)CC[C@H]1OC[C@H]2C1=C(COc1ccccc1)C[C@H]1C(=O)N(C)C(=O)[C@H]12. The van der Waals surface area contributed by atoms with Crippen molar-refractivity contribution < 1.29 is 24.2 Å². The molecule has 0 bridgehead atoms. The van der Waals surface area contributed by atoms with Gasteiger partial charge in [-0.1, -0.05) is 73.5 Å². The fourth-order valence-electron chi connectivity index (χ4n) is 7.01. The first-order valence-corrected chi connectivity index (χ1v) is 14.7. The van der Waals surface area contributed by atoms with Gasteiger partial charge in [-0.05, 0) is 66.0 Å². The number of para-hydroxylation sites is 1. The first-order valence-electron chi connectivity index (χ1n) is 14.7. The van der Waals surface area contributed by atoms with Gasteiger partial charge in [0.05, 0.1) is 24.5 Å². The van der Waals surface area contributed by atoms with E-state index < -0.39 is 0 Å². The number of rotatable bonds is 9. The molecule has 0 radical (unpaired) electrons. The molecule has 4 atom stereocenters. The van der Waals surface area contributed by atoms with Gasteiger partial charge in [0.2, 0.25) is 11.8 Å². The van der Waals surface area contributed by atoms with Gasteiger partial charge in [-0.15, -0.1) is 0 Å². The molecular formula is C35H37NO5. The van der Waals surface area contributed by atoms with Crippen LogP contribution >= 0.6 is 0 Å². The van der Waals surface area contributed by atoms with E-state index >= 15 is 0 Å². The Labute approximate surface area is 241 Å². The Morgan fingerprint density at radius 1 is 0.976 bits per heavy atom. The van der Waals surface area contributed by atoms with Gasteiger partial charge in [-0.25, -0.2) is 0 Å². The van der Waals surface area contributed by atoms with Crippen molar-refractivity contribution in [2.75, 3.05) is 20.3 Å². The fraction of sp³-hybridized carbons (Fsp3) is 0.371. The molecule has 2 saturated heterocycles. The zero-order valence-electron chi connectivity index (χ0n) is 23.7. The highest BCUT2D eigenvalue weighted by Crippen LogP contribution is 2.49. The highest BCUT2D eigenvalue weighted by Gasteiger charge is 2.56. The van der Waals surface area contributed by atoms with Gasteiger partial charge in [0.1, 0.15) is 18.1 Å². The molecule has 0 unspecified atom stereocenters. The number of amides is 2. The predicted molar refractivity (Wildman–Crippen MR) is 159 cm³/mol. The molecule has 2 amide bonds. The molecule has 6 nitrogen and oxygen atoms in total. The van der Waals surface area contributed by atoms with Crippen LogP contribution in [0.3, 0.4) is 0 Å². The van der Waals surface area contributed by atoms with Crippen LogP contribution in [0.15, 0.2) is 83.4 Å². The Hall–Kier alpha value is -3.90. The summed E-state index contributed by atoms with van der Waals surface area (Å²) in [5.74, 6) is 0.135. The summed E-state index contributed by atoms with van der Waals surface area (Å²) in [5, 5.41) is 12.2. The fourth-order valence-corrected chi connectivity index (χ4v) is 7.01. The van der Waals surface area contributed by atoms with Crippen molar-refractivity contribution in [1.82, 2.24) is 4.90 Å². The molecule has 2 fully saturated rings. The number of carbonyl (C=O) groups is 2. The summed E-state index contributed by atoms with van der Waals surface area (Å²) in [6.45, 7) is 3.03. The number of imide groups is 1. The minimum Gasteiger partial charge on any atom is -0.507 e. The molecule has 212 valence electrons. The summed E-state index contributed by atoms with van der Waals surface area (Å²) < 4.78 is 12.6. The molecule has 2 heterocycles. The van der Waals surface area contributed by atoms with Crippen molar-refractivity contribution >= 4 is 28.7 Å². The second-order valence-electron chi connectivity index (χ2n) is 11.5. The molecule has 0 spiro atoms. The zero-order chi connectivity index (χ0) is 28.5. The summed E-state index contributed by atoms with van der Waals surface area (Å²) >= 11 is 0. The van der Waals surface area contributed by atoms with Crippen LogP contribution in [0.1, 0.15) is 44.6 Å². The van der Waals surface area contributed by atoms with Crippen LogP contribution in [-0.4, -0.2) is 48.2 Å². The second-order valence-corrected chi connectivity index (χ2v) is 11.5. The summed E-state index contributed by atoms with van der Waals surface area (Å²) in [7, 11) is 1.60. The Morgan fingerprint density at radius 3 is 2.51 bits per heavy atom. The van der Waals surface area contributed by atoms with Gasteiger partial charge >= 0.3 is 0 Å². The third kappa shape index (κ3) is 5.17. The number of hydrogen-bond donors (Lipinski definition) is 1. The van der Waals surface area contributed by atoms with E-state index in [4.69, 9.17) is 9.47 Å². The third-order valence-corrected chi connectivity index (χ3v) is 8.98. The number of fused-ring (bicyclic) bond motifs is 4. The molecule has 6 heteroatoms. The monoisotopic (exact) mass is 551 g/mol. The molecule has 1 aliphatic carbocycles. The summed E-state index contributed by atoms with van der Waals surface area (Å²) in [4.78, 5) is 27.4. The lowest BCUT2D eigenvalue weighted by atomic mass is 9.69. The maximum absolute atomic E-state index is 13.1. The highest BCUT2D eigenvalue weighted by molar-refractivity contribution is 6.05. The van der Waals surface area contributed by atoms with Crippen LogP contribution in [-0.2, 0) is 14.3 Å². The van der Waals surface area contributed by atoms with E-state index in [0.717, 1.165) is 53.3 Å². The van der Waals surface area contributed by atoms with Gasteiger partial charge in [0.15, 0.2) is 0 Å². The Bertz CT molecular complexity index is 1520. The van der Waals surface area contributed by atoms with Gasteiger partial charge in [0.25, 0.3) is 0 Å². The molecular weight excluding hydrogens is 514 g/mol. The minimum atomic E-state index is -0.345. The molecule has 3 aromatic rings. The van der Waals surface area contributed by atoms with Crippen molar-refractivity contribution in [3.05, 3.63) is 89.0 Å². The van der Waals surface area contributed by atoms with Crippen molar-refractivity contribution in [3.63, 3.8) is 0 Å². The van der Waals surface area contributed by atoms with E-state index in [1.54, 1.807) is 13.1 Å². The summed E-state index contributed by atoms with van der Waals surface area (Å²) in [6, 6.07) is 21.4. The topological polar surface area (TPSA) is 76.1 Å². The van der Waals surface area contributed by atoms with Gasteiger partial charge < -0.3 is 14.6 Å². The van der Waals surface area contributed by atoms with Crippen molar-refractivity contribution in [1.29, 1.82) is 0 Å². The van der Waals surface area contributed by atoms with Crippen LogP contribution in [0, 0.1) is 17.8 Å². The van der Waals surface area contributed by atoms with Gasteiger partial charge in [0, 0.05) is 18.4 Å². The summed E-state index contributed by atoms with van der Waals surface area (Å²) in [5.41, 5.74) is 4.70. The number of ether oxygens (including phenoxy) is 2. The van der Waals surface area contributed by atoms with E-state index in [-0.39, 0.29) is 35.7 Å². The first-order chi connectivity index (χ1) is 20.0. The van der Waals surface area contributed by atoms with E-state index in [2.05, 4.69) is 13.0 Å². The lowest BCUT2D eigenvalue weighted by Crippen LogP contribution is -2.35. The number of nitrogens with zero attached hydrogens (tertiary/aromatic N) is 1. The Balaban J connectivity index is 1.28. The van der Waals surface area contributed by atoms with Crippen LogP contribution in [0.2, 0.25) is 0 Å². The molecule has 0 saturated carbocycles. The molecule has 2 aliphatic heterocycles. The third-order valence-electron chi connectivity index (χ3n) is 8.98. The number of carbonyl (C=O) groups excluding carboxylic acids is 2. The van der Waals surface area contributed by atoms with Gasteiger partial charge in [-0.2, -0.15) is 0 Å². The predicted octanol–water partition coefficient (Wildman–Crippen LogP) is 6.53. The maximum atomic E-state index is 13.1. The summed E-state index contributed by atoms with van der Waals surface area (Å²) in [6.07, 6.45) is 6.35. The lowest BCUT2D eigenvalue weighted by molar-refractivity contribution is -0.138. The van der Waals surface area contributed by atoms with E-state index in [0.29, 0.717) is 25.4 Å². The van der Waals surface area contributed by atoms with E-state index in [1.165, 1.54) is 16.0 Å². The highest BCUT2D eigenvalue weighted by atomic mass is 16.5. The number of benzene rings is 3. The maximum Gasteiger partial charge on any atom is 0.233 e. The van der Waals surface area contributed by atoms with Crippen molar-refractivity contribution in [3.8, 4) is 11.5 Å². The number of allylic oxidation sites excluding steroid dienone is 1. The molecule has 3 aromatic carbocycles. The van der Waals surface area contributed by atoms with Crippen LogP contribution < -0.4 is 4.74 Å². The van der Waals surface area contributed by atoms with Crippen molar-refractivity contribution in [2.24, 2.45) is 17.8 Å². The van der Waals surface area contributed by atoms with Crippen LogP contribution in [0.5, 0.6) is 11.5 Å². The standard InChI is InChI=1S/C35H37NO5/c1-3-9-22(18-23-15-16-30(37)27-13-8-7-12-26(23)27)14-17-31-32-24(20-40-25-10-5-4-6-11-25)19-28-33(29(32)21-41-31)35(39)36(2)34(28)38/h4-8,10-13,15-16,18,28-29,31,33,37H,3,9,14,17,19-21H2,1-2H3/b22-18+/t28-,29+,31-,33-/m1/s1. The van der Waals surface area contributed by atoms with Crippen LogP contribution in [0.4, 0.5) is 0 Å². The van der Waals surface area contributed by atoms with E-state index in [1.807, 2.05) is 60.7 Å². The van der Waals surface area contributed by atoms with Crippen molar-refractivity contribution in [2.45, 2.75) is 45.1 Å². The van der Waals surface area contributed by atoms with E-state index in [9.17, 15) is 14.7 Å². The normalized spacial score (nSPS) is 24.2. The lowest BCUT2D eigenvalue weighted by Gasteiger charge is -2.32. The number of hydrogen-bond acceptors (Lipinski definition) is 5. The molecule has 6 rings (SSSR count). The number of phenolic OH excluding ortho intramolecular Hbond substituents is 1. The van der Waals surface area contributed by atoms with Gasteiger partial charge in [-0.3, -0.25) is 14.5 Å². The number of aromatic hydroxyl groups is 1. The number of phenols is 1. The zero-order valence-corrected chi connectivity index (χ0v) is 23.7. The van der Waals surface area contributed by atoms with Crippen LogP contribution in [0.25, 0.3) is 16.8 Å². The Morgan fingerprint density at radius 2 is 1.73 bits per heavy atom. The molecule has 3 aliphatic rings. The first kappa shape index (κ1) is 27.3. The largest absolute Gasteiger partial charge is 0.507 e. The smallest absolute Gasteiger partial charge is 0.233 e. The second kappa shape index (κ2) is 11.5. The molecule has 0 aromatic heterocycles. The molecule has 1 N–H and O–H groups in total. The number of likely N-dealkylation sites (tertiary alicyclic amines) is 1. The Kier molecular flexibility index (Phi) is 7.67.